The van der Waals surface area contributed by atoms with Gasteiger partial charge in [0.15, 0.2) is 0 Å². The van der Waals surface area contributed by atoms with Crippen LogP contribution in [0.15, 0.2) is 0 Å². The molecule has 0 spiro atoms. The molecule has 0 atom stereocenters. The summed E-state index contributed by atoms with van der Waals surface area (Å²) in [5, 5.41) is 0. The first-order valence-electron chi connectivity index (χ1n) is 2.63. The fourth-order valence-corrected chi connectivity index (χ4v) is 1.39. The Hall–Kier alpha value is 0.589. The summed E-state index contributed by atoms with van der Waals surface area (Å²) in [6.45, 7) is 0. The molecular formula is C4H9F3Sn. The van der Waals surface area contributed by atoms with Gasteiger partial charge in [0.1, 0.15) is 0 Å². The molecule has 0 saturated heterocycles. The quantitative estimate of drug-likeness (QED) is 0.626. The molecule has 0 unspecified atom stereocenters. The molecule has 8 heavy (non-hydrogen) atoms. The molecule has 0 aromatic carbocycles. The van der Waals surface area contributed by atoms with Crippen molar-refractivity contribution in [3.05, 3.63) is 0 Å². The molecule has 0 bridgehead atoms. The number of hydrogen-bond donors (Lipinski definition) is 0. The van der Waals surface area contributed by atoms with Gasteiger partial charge in [-0.05, 0) is 0 Å². The molecule has 0 fully saturated rings. The van der Waals surface area contributed by atoms with Gasteiger partial charge >= 0.3 is 59.2 Å². The van der Waals surface area contributed by atoms with Crippen molar-refractivity contribution in [2.75, 3.05) is 0 Å². The van der Waals surface area contributed by atoms with Crippen molar-refractivity contribution in [1.82, 2.24) is 0 Å². The Bertz CT molecular complexity index is 58.8. The summed E-state index contributed by atoms with van der Waals surface area (Å²) in [7, 11) is 0. The normalized spacial score (nSPS) is 12.4. The Morgan fingerprint density at radius 2 is 1.75 bits per heavy atom. The molecule has 0 heterocycles. The predicted molar refractivity (Wildman–Crippen MR) is 30.0 cm³/mol. The van der Waals surface area contributed by atoms with Crippen molar-refractivity contribution in [3.63, 3.8) is 0 Å². The Kier molecular flexibility index (Phi) is 3.85. The summed E-state index contributed by atoms with van der Waals surface area (Å²) in [5.74, 6) is 0. The molecule has 0 aromatic rings. The molecule has 0 aliphatic carbocycles. The van der Waals surface area contributed by atoms with Crippen molar-refractivity contribution < 1.29 is 13.2 Å². The molecule has 0 amide bonds. The summed E-state index contributed by atoms with van der Waals surface area (Å²) in [4.78, 5) is 0. The summed E-state index contributed by atoms with van der Waals surface area (Å²) >= 11 is 0.442. The second-order valence-electron chi connectivity index (χ2n) is 1.72. The zero-order valence-corrected chi connectivity index (χ0v) is 10.5. The van der Waals surface area contributed by atoms with E-state index in [0.29, 0.717) is 28.9 Å². The second-order valence-corrected chi connectivity index (χ2v) is 4.57. The zero-order valence-electron chi connectivity index (χ0n) is 4.76. The van der Waals surface area contributed by atoms with Gasteiger partial charge in [-0.2, -0.15) is 0 Å². The standard InChI is InChI=1S/C4H6F3.Sn.3H/c1-2-3-4(5,6)7;;;;/h1-3H2;;;;. The zero-order chi connectivity index (χ0) is 6.62. The Morgan fingerprint density at radius 3 is 1.88 bits per heavy atom. The minimum absolute atomic E-state index is 0.347. The number of alkyl halides is 3. The van der Waals surface area contributed by atoms with Crippen molar-refractivity contribution in [3.8, 4) is 0 Å². The van der Waals surface area contributed by atoms with Crippen LogP contribution in [0.5, 0.6) is 0 Å². The maximum atomic E-state index is 11.3. The van der Waals surface area contributed by atoms with Gasteiger partial charge in [0, 0.05) is 0 Å². The molecule has 0 saturated carbocycles. The van der Waals surface area contributed by atoms with Crippen LogP contribution >= 0.6 is 0 Å². The van der Waals surface area contributed by atoms with E-state index in [9.17, 15) is 13.2 Å². The molecule has 0 nitrogen and oxygen atoms in total. The van der Waals surface area contributed by atoms with Crippen LogP contribution < -0.4 is 0 Å². The van der Waals surface area contributed by atoms with Gasteiger partial charge in [0.25, 0.3) is 0 Å². The summed E-state index contributed by atoms with van der Waals surface area (Å²) < 4.78 is 34.6. The van der Waals surface area contributed by atoms with E-state index in [4.69, 9.17) is 0 Å². The second kappa shape index (κ2) is 3.58. The average molecular weight is 233 g/mol. The van der Waals surface area contributed by atoms with Crippen LogP contribution in [0.4, 0.5) is 13.2 Å². The summed E-state index contributed by atoms with van der Waals surface area (Å²) in [6, 6.07) is 0. The van der Waals surface area contributed by atoms with E-state index in [-0.39, 0.29) is 0 Å². The van der Waals surface area contributed by atoms with Crippen LogP contribution in [0.25, 0.3) is 0 Å². The molecule has 0 N–H and O–H groups in total. The van der Waals surface area contributed by atoms with E-state index >= 15 is 0 Å². The molecule has 0 radical (unpaired) electrons. The molecular weight excluding hydrogens is 224 g/mol. The van der Waals surface area contributed by atoms with Gasteiger partial charge in [-0.1, -0.05) is 0 Å². The van der Waals surface area contributed by atoms with Gasteiger partial charge in [0.05, 0.1) is 0 Å². The van der Waals surface area contributed by atoms with E-state index in [2.05, 4.69) is 0 Å². The molecule has 0 aliphatic heterocycles. The average Bonchev–Trinajstić information content (AvgIpc) is 1.59. The third-order valence-corrected chi connectivity index (χ3v) is 2.83. The summed E-state index contributed by atoms with van der Waals surface area (Å²) in [6.07, 6.45) is -4.15. The monoisotopic (exact) mass is 234 g/mol. The fraction of sp³-hybridized carbons (Fsp3) is 1.00. The van der Waals surface area contributed by atoms with Crippen molar-refractivity contribution in [2.24, 2.45) is 0 Å². The van der Waals surface area contributed by atoms with Gasteiger partial charge in [-0.3, -0.25) is 0 Å². The predicted octanol–water partition coefficient (Wildman–Crippen LogP) is 1.11. The van der Waals surface area contributed by atoms with E-state index in [1.165, 1.54) is 0 Å². The van der Waals surface area contributed by atoms with Gasteiger partial charge < -0.3 is 0 Å². The van der Waals surface area contributed by atoms with Crippen LogP contribution in [0.2, 0.25) is 4.44 Å². The van der Waals surface area contributed by atoms with Crippen LogP contribution in [0.3, 0.4) is 0 Å². The van der Waals surface area contributed by atoms with Crippen LogP contribution in [0, 0.1) is 0 Å². The molecule has 50 valence electrons. The minimum atomic E-state index is -3.91. The summed E-state index contributed by atoms with van der Waals surface area (Å²) in [5.41, 5.74) is 0. The number of halogens is 3. The Morgan fingerprint density at radius 1 is 1.25 bits per heavy atom. The molecule has 0 rings (SSSR count). The van der Waals surface area contributed by atoms with Crippen LogP contribution in [-0.4, -0.2) is 28.7 Å². The SMILES string of the molecule is FC(F)(F)CC[CH2][SnH3]. The van der Waals surface area contributed by atoms with Crippen LogP contribution in [0.1, 0.15) is 12.8 Å². The molecule has 4 heteroatoms. The van der Waals surface area contributed by atoms with E-state index < -0.39 is 12.6 Å². The van der Waals surface area contributed by atoms with Crippen LogP contribution in [-0.2, 0) is 0 Å². The van der Waals surface area contributed by atoms with Crippen molar-refractivity contribution >= 4 is 22.5 Å². The first-order valence-corrected chi connectivity index (χ1v) is 6.66. The fourth-order valence-electron chi connectivity index (χ4n) is 0.377. The van der Waals surface area contributed by atoms with Crippen molar-refractivity contribution in [1.29, 1.82) is 0 Å². The van der Waals surface area contributed by atoms with Gasteiger partial charge in [-0.15, -0.1) is 0 Å². The number of hydrogen-bond acceptors (Lipinski definition) is 0. The third-order valence-electron chi connectivity index (χ3n) is 0.814. The van der Waals surface area contributed by atoms with E-state index in [1.807, 2.05) is 0 Å². The number of rotatable bonds is 2. The van der Waals surface area contributed by atoms with Gasteiger partial charge in [-0.25, -0.2) is 0 Å². The first kappa shape index (κ1) is 8.59. The topological polar surface area (TPSA) is 0 Å². The Labute approximate surface area is 59.5 Å². The molecule has 0 aromatic heterocycles. The Balaban J connectivity index is 3.11. The van der Waals surface area contributed by atoms with E-state index in [0.717, 1.165) is 4.44 Å². The molecule has 0 aliphatic rings. The van der Waals surface area contributed by atoms with E-state index in [1.54, 1.807) is 0 Å². The first-order chi connectivity index (χ1) is 3.56. The van der Waals surface area contributed by atoms with Crippen molar-refractivity contribution in [2.45, 2.75) is 23.5 Å². The van der Waals surface area contributed by atoms with Gasteiger partial charge in [0.2, 0.25) is 0 Å². The maximum absolute atomic E-state index is 11.3. The third kappa shape index (κ3) is 6.59.